The molecule has 1 amide bonds. The zero-order valence-corrected chi connectivity index (χ0v) is 17.4. The van der Waals surface area contributed by atoms with Crippen LogP contribution in [0.2, 0.25) is 0 Å². The number of amides is 1. The molecular formula is C18H39NO5S. The van der Waals surface area contributed by atoms with Crippen LogP contribution < -0.4 is 4.72 Å². The second-order valence-corrected chi connectivity index (χ2v) is 8.36. The van der Waals surface area contributed by atoms with Crippen LogP contribution in [0.1, 0.15) is 46.0 Å². The van der Waals surface area contributed by atoms with Crippen LogP contribution in [0.15, 0.2) is 0 Å². The molecule has 152 valence electrons. The van der Waals surface area contributed by atoms with Gasteiger partial charge in [-0.15, -0.1) is 0 Å². The maximum Gasteiger partial charge on any atom is 0.230 e. The molecule has 0 fully saturated rings. The Labute approximate surface area is 156 Å². The van der Waals surface area contributed by atoms with Gasteiger partial charge < -0.3 is 23.7 Å². The van der Waals surface area contributed by atoms with E-state index in [1.165, 1.54) is 12.8 Å². The number of unbranched alkanes of at least 4 members (excludes halogenated alkanes) is 3. The Kier molecular flexibility index (Phi) is 18.2. The molecule has 0 aromatic heterocycles. The lowest BCUT2D eigenvalue weighted by Gasteiger charge is -2.11. The molecule has 0 aliphatic carbocycles. The van der Waals surface area contributed by atoms with Crippen molar-refractivity contribution >= 4 is 17.0 Å². The smallest absolute Gasteiger partial charge is 0.230 e. The van der Waals surface area contributed by atoms with Gasteiger partial charge in [-0.2, -0.15) is 11.1 Å². The molecule has 0 bridgehead atoms. The Morgan fingerprint density at radius 1 is 0.800 bits per heavy atom. The van der Waals surface area contributed by atoms with Crippen molar-refractivity contribution in [2.24, 2.45) is 0 Å². The molecule has 0 unspecified atom stereocenters. The fraction of sp³-hybridized carbons (Fsp3) is 0.944. The molecule has 0 atom stereocenters. The summed E-state index contributed by atoms with van der Waals surface area (Å²) in [4.78, 5) is 11.4. The van der Waals surface area contributed by atoms with Gasteiger partial charge in [-0.25, -0.2) is 0 Å². The Balaban J connectivity index is 3.08. The van der Waals surface area contributed by atoms with Gasteiger partial charge in [-0.3, -0.25) is 4.79 Å². The van der Waals surface area contributed by atoms with Crippen molar-refractivity contribution in [1.82, 2.24) is 4.72 Å². The molecule has 1 N–H and O–H groups in total. The summed E-state index contributed by atoms with van der Waals surface area (Å²) in [5, 5.41) is 0. The summed E-state index contributed by atoms with van der Waals surface area (Å²) in [5.74, 6) is 0.0536. The number of rotatable bonds is 18. The molecule has 0 spiro atoms. The number of ether oxygens (including phenoxy) is 4. The van der Waals surface area contributed by atoms with E-state index in [2.05, 4.69) is 18.6 Å². The molecule has 6 nitrogen and oxygen atoms in total. The van der Waals surface area contributed by atoms with Gasteiger partial charge in [0.1, 0.15) is 0 Å². The first kappa shape index (κ1) is 24.7. The number of nitrogens with one attached hydrogen (secondary N) is 1. The fourth-order valence-electron chi connectivity index (χ4n) is 1.99. The van der Waals surface area contributed by atoms with Gasteiger partial charge in [0.2, 0.25) is 5.91 Å². The molecule has 0 radical (unpaired) electrons. The number of carbonyl (C=O) groups is 1. The van der Waals surface area contributed by atoms with E-state index >= 15 is 0 Å². The SMILES string of the molecule is CC(C)OCCCCCCOCCOCCOCCC(=O)N[SH](C)C. The third-order valence-corrected chi connectivity index (χ3v) is 3.90. The normalized spacial score (nSPS) is 11.8. The van der Waals surface area contributed by atoms with Crippen molar-refractivity contribution in [3.8, 4) is 0 Å². The summed E-state index contributed by atoms with van der Waals surface area (Å²) in [5.41, 5.74) is 0. The van der Waals surface area contributed by atoms with Gasteiger partial charge in [0.15, 0.2) is 0 Å². The Bertz CT molecular complexity index is 303. The van der Waals surface area contributed by atoms with Crippen LogP contribution in [0.5, 0.6) is 0 Å². The zero-order valence-electron chi connectivity index (χ0n) is 16.6. The highest BCUT2D eigenvalue weighted by Gasteiger charge is 2.01. The molecule has 7 heteroatoms. The van der Waals surface area contributed by atoms with Crippen LogP contribution in [0, 0.1) is 0 Å². The Hall–Kier alpha value is -0.340. The number of carbonyl (C=O) groups excluding carboxylic acids is 1. The third kappa shape index (κ3) is 21.6. The Morgan fingerprint density at radius 3 is 1.88 bits per heavy atom. The van der Waals surface area contributed by atoms with Gasteiger partial charge in [0.25, 0.3) is 0 Å². The minimum atomic E-state index is -0.385. The van der Waals surface area contributed by atoms with Crippen molar-refractivity contribution in [1.29, 1.82) is 0 Å². The van der Waals surface area contributed by atoms with Crippen LogP contribution in [-0.2, 0) is 23.7 Å². The summed E-state index contributed by atoms with van der Waals surface area (Å²) < 4.78 is 24.7. The van der Waals surface area contributed by atoms with E-state index in [-0.39, 0.29) is 17.0 Å². The quantitative estimate of drug-likeness (QED) is 0.282. The largest absolute Gasteiger partial charge is 0.379 e. The summed E-state index contributed by atoms with van der Waals surface area (Å²) in [6, 6.07) is 0. The summed E-state index contributed by atoms with van der Waals surface area (Å²) in [7, 11) is 0. The average molecular weight is 382 g/mol. The maximum atomic E-state index is 11.4. The number of hydrogen-bond donors (Lipinski definition) is 2. The molecule has 0 aromatic rings. The highest BCUT2D eigenvalue weighted by atomic mass is 32.2. The maximum absolute atomic E-state index is 11.4. The lowest BCUT2D eigenvalue weighted by atomic mass is 10.2. The molecule has 0 saturated heterocycles. The van der Waals surface area contributed by atoms with Crippen LogP contribution in [0.25, 0.3) is 0 Å². The monoisotopic (exact) mass is 381 g/mol. The molecule has 25 heavy (non-hydrogen) atoms. The van der Waals surface area contributed by atoms with E-state index in [1.807, 2.05) is 12.5 Å². The molecule has 0 saturated carbocycles. The minimum absolute atomic E-state index is 0.0536. The molecular weight excluding hydrogens is 342 g/mol. The van der Waals surface area contributed by atoms with Crippen LogP contribution >= 0.6 is 11.1 Å². The van der Waals surface area contributed by atoms with Crippen LogP contribution in [0.3, 0.4) is 0 Å². The molecule has 0 rings (SSSR count). The van der Waals surface area contributed by atoms with Crippen molar-refractivity contribution < 1.29 is 23.7 Å². The first-order valence-electron chi connectivity index (χ1n) is 9.34. The standard InChI is InChI=1S/C18H39NO5S/c1-17(2)24-11-8-6-5-7-10-21-13-15-23-16-14-22-12-9-18(20)19-25(3)4/h17,25H,5-16H2,1-4H3,(H,19,20). The van der Waals surface area contributed by atoms with Crippen molar-refractivity contribution in [3.05, 3.63) is 0 Å². The van der Waals surface area contributed by atoms with E-state index in [4.69, 9.17) is 18.9 Å². The fourth-order valence-corrected chi connectivity index (χ4v) is 2.60. The van der Waals surface area contributed by atoms with Crippen LogP contribution in [-0.4, -0.2) is 70.8 Å². The first-order valence-corrected chi connectivity index (χ1v) is 11.6. The van der Waals surface area contributed by atoms with E-state index in [0.717, 1.165) is 26.1 Å². The molecule has 0 aliphatic rings. The average Bonchev–Trinajstić information content (AvgIpc) is 2.53. The summed E-state index contributed by atoms with van der Waals surface area (Å²) >= 11 is -0.385. The number of thiol groups is 1. The molecule has 0 aromatic carbocycles. The predicted octanol–water partition coefficient (Wildman–Crippen LogP) is 2.70. The second-order valence-electron chi connectivity index (χ2n) is 6.35. The zero-order chi connectivity index (χ0) is 18.8. The summed E-state index contributed by atoms with van der Waals surface area (Å²) in [6.45, 7) is 8.47. The Morgan fingerprint density at radius 2 is 1.32 bits per heavy atom. The van der Waals surface area contributed by atoms with Crippen molar-refractivity contribution in [2.75, 3.05) is 58.8 Å². The number of hydrogen-bond acceptors (Lipinski definition) is 5. The summed E-state index contributed by atoms with van der Waals surface area (Å²) in [6.07, 6.45) is 9.35. The van der Waals surface area contributed by atoms with Gasteiger partial charge in [0.05, 0.1) is 45.6 Å². The van der Waals surface area contributed by atoms with Crippen molar-refractivity contribution in [3.63, 3.8) is 0 Å². The topological polar surface area (TPSA) is 66.0 Å². The second kappa shape index (κ2) is 18.5. The lowest BCUT2D eigenvalue weighted by molar-refractivity contribution is -0.120. The van der Waals surface area contributed by atoms with Gasteiger partial charge in [-0.1, -0.05) is 12.8 Å². The van der Waals surface area contributed by atoms with E-state index in [0.29, 0.717) is 45.6 Å². The van der Waals surface area contributed by atoms with Gasteiger partial charge in [-0.05, 0) is 39.2 Å². The third-order valence-electron chi connectivity index (χ3n) is 3.20. The first-order chi connectivity index (χ1) is 12.0. The highest BCUT2D eigenvalue weighted by Crippen LogP contribution is 2.05. The van der Waals surface area contributed by atoms with Gasteiger partial charge >= 0.3 is 0 Å². The predicted molar refractivity (Wildman–Crippen MR) is 106 cm³/mol. The highest BCUT2D eigenvalue weighted by molar-refractivity contribution is 8.14. The van der Waals surface area contributed by atoms with Crippen molar-refractivity contribution in [2.45, 2.75) is 52.1 Å². The van der Waals surface area contributed by atoms with E-state index < -0.39 is 0 Å². The lowest BCUT2D eigenvalue weighted by Crippen LogP contribution is -2.21. The van der Waals surface area contributed by atoms with E-state index in [9.17, 15) is 4.79 Å². The van der Waals surface area contributed by atoms with E-state index in [1.54, 1.807) is 0 Å². The van der Waals surface area contributed by atoms with Crippen LogP contribution in [0.4, 0.5) is 0 Å². The minimum Gasteiger partial charge on any atom is -0.379 e. The molecule has 0 aliphatic heterocycles. The molecule has 0 heterocycles. The van der Waals surface area contributed by atoms with Gasteiger partial charge in [0, 0.05) is 13.2 Å².